The van der Waals surface area contributed by atoms with Gasteiger partial charge in [-0.25, -0.2) is 4.52 Å². The van der Waals surface area contributed by atoms with Crippen molar-refractivity contribution < 1.29 is 9.90 Å². The molecule has 0 aliphatic heterocycles. The number of rotatable bonds is 7. The van der Waals surface area contributed by atoms with Crippen molar-refractivity contribution in [1.82, 2.24) is 39.6 Å². The molecule has 41 heavy (non-hydrogen) atoms. The minimum atomic E-state index is -0.872. The van der Waals surface area contributed by atoms with Gasteiger partial charge in [0, 0.05) is 29.2 Å². The van der Waals surface area contributed by atoms with Crippen LogP contribution >= 0.6 is 0 Å². The lowest BCUT2D eigenvalue weighted by Crippen LogP contribution is -2.26. The summed E-state index contributed by atoms with van der Waals surface area (Å²) in [7, 11) is 0. The van der Waals surface area contributed by atoms with E-state index in [0.29, 0.717) is 35.2 Å². The molecule has 1 aliphatic rings. The molecule has 0 spiro atoms. The first-order valence-corrected chi connectivity index (χ1v) is 14.2. The Morgan fingerprint density at radius 1 is 1.02 bits per heavy atom. The highest BCUT2D eigenvalue weighted by Gasteiger charge is 2.26. The lowest BCUT2D eigenvalue weighted by atomic mass is 10.1. The summed E-state index contributed by atoms with van der Waals surface area (Å²) in [4.78, 5) is 15.0. The van der Waals surface area contributed by atoms with Gasteiger partial charge in [-0.1, -0.05) is 39.8 Å². The quantitative estimate of drug-likeness (QED) is 0.268. The van der Waals surface area contributed by atoms with Gasteiger partial charge >= 0.3 is 0 Å². The smallest absolute Gasteiger partial charge is 0.259 e. The van der Waals surface area contributed by atoms with E-state index in [4.69, 9.17) is 0 Å². The van der Waals surface area contributed by atoms with Crippen LogP contribution in [-0.4, -0.2) is 56.2 Å². The zero-order chi connectivity index (χ0) is 29.7. The number of fused-ring (bicyclic) bond motifs is 1. The number of nitrogens with zero attached hydrogens (tertiary/aromatic N) is 8. The van der Waals surface area contributed by atoms with Gasteiger partial charge in [-0.05, 0) is 68.2 Å². The van der Waals surface area contributed by atoms with Gasteiger partial charge in [-0.3, -0.25) is 9.48 Å². The summed E-state index contributed by atoms with van der Waals surface area (Å²) < 4.78 is 3.38. The lowest BCUT2D eigenvalue weighted by molar-refractivity contribution is 0.0577. The van der Waals surface area contributed by atoms with Crippen molar-refractivity contribution in [3.63, 3.8) is 0 Å². The number of aliphatic hydroxyl groups is 1. The summed E-state index contributed by atoms with van der Waals surface area (Å²) in [5, 5.41) is 34.6. The molecule has 6 rings (SSSR count). The van der Waals surface area contributed by atoms with E-state index in [2.05, 4.69) is 30.9 Å². The number of anilines is 1. The van der Waals surface area contributed by atoms with Crippen LogP contribution in [0.5, 0.6) is 0 Å². The van der Waals surface area contributed by atoms with E-state index in [1.54, 1.807) is 40.2 Å². The maximum Gasteiger partial charge on any atom is 0.259 e. The molecule has 2 N–H and O–H groups in total. The Balaban J connectivity index is 0.000000929. The van der Waals surface area contributed by atoms with Crippen molar-refractivity contribution >= 4 is 17.1 Å². The van der Waals surface area contributed by atoms with Crippen LogP contribution in [0.4, 0.5) is 5.69 Å². The van der Waals surface area contributed by atoms with Crippen LogP contribution in [0.15, 0.2) is 55.1 Å². The van der Waals surface area contributed by atoms with E-state index >= 15 is 0 Å². The molecular weight excluding hydrogens is 518 g/mol. The Kier molecular flexibility index (Phi) is 8.97. The average Bonchev–Trinajstić information content (AvgIpc) is 3.33. The molecule has 1 aliphatic carbocycles. The molecule has 11 nitrogen and oxygen atoms in total. The molecule has 4 heterocycles. The van der Waals surface area contributed by atoms with Crippen LogP contribution in [0.2, 0.25) is 0 Å². The topological polar surface area (TPSA) is 128 Å². The van der Waals surface area contributed by atoms with E-state index in [9.17, 15) is 9.90 Å². The average molecular weight is 558 g/mol. The minimum absolute atomic E-state index is 0.264. The van der Waals surface area contributed by atoms with Gasteiger partial charge in [0.1, 0.15) is 0 Å². The van der Waals surface area contributed by atoms with Crippen molar-refractivity contribution in [2.75, 3.05) is 5.32 Å². The van der Waals surface area contributed by atoms with E-state index in [-0.39, 0.29) is 5.91 Å². The van der Waals surface area contributed by atoms with Gasteiger partial charge in [0.25, 0.3) is 5.91 Å². The Bertz CT molecular complexity index is 1620. The second-order valence-electron chi connectivity index (χ2n) is 10.2. The van der Waals surface area contributed by atoms with Crippen molar-refractivity contribution in [2.45, 2.75) is 79.5 Å². The van der Waals surface area contributed by atoms with Gasteiger partial charge in [0.15, 0.2) is 0 Å². The number of amides is 1. The zero-order valence-corrected chi connectivity index (χ0v) is 24.8. The third-order valence-electron chi connectivity index (χ3n) is 6.33. The first-order chi connectivity index (χ1) is 19.7. The number of hydrogen-bond donors (Lipinski definition) is 2. The second kappa shape index (κ2) is 12.4. The number of carbonyl (C=O) groups is 1. The van der Waals surface area contributed by atoms with E-state index in [1.165, 1.54) is 0 Å². The maximum absolute atomic E-state index is 13.3. The van der Waals surface area contributed by atoms with Gasteiger partial charge in [0.05, 0.1) is 41.7 Å². The molecule has 216 valence electrons. The van der Waals surface area contributed by atoms with Crippen LogP contribution in [0.3, 0.4) is 0 Å². The lowest BCUT2D eigenvalue weighted by Gasteiger charge is -2.16. The Morgan fingerprint density at radius 3 is 2.49 bits per heavy atom. The molecule has 5 aromatic rings. The summed E-state index contributed by atoms with van der Waals surface area (Å²) in [6, 6.07) is 9.91. The molecule has 0 saturated heterocycles. The molecule has 0 radical (unpaired) electrons. The predicted molar refractivity (Wildman–Crippen MR) is 160 cm³/mol. The molecule has 0 unspecified atom stereocenters. The van der Waals surface area contributed by atoms with Crippen molar-refractivity contribution in [3.8, 4) is 22.5 Å². The molecule has 1 fully saturated rings. The maximum atomic E-state index is 13.3. The molecule has 1 amide bonds. The van der Waals surface area contributed by atoms with Gasteiger partial charge in [-0.15, -0.1) is 10.2 Å². The van der Waals surface area contributed by atoms with Gasteiger partial charge in [0.2, 0.25) is 5.82 Å². The molecule has 1 saturated carbocycles. The first kappa shape index (κ1) is 29.6. The van der Waals surface area contributed by atoms with Crippen molar-refractivity contribution in [2.24, 2.45) is 0 Å². The van der Waals surface area contributed by atoms with Crippen LogP contribution in [0.25, 0.3) is 28.0 Å². The predicted octanol–water partition coefficient (Wildman–Crippen LogP) is 5.57. The SMILES string of the molecule is CC.CC.Cc1ccc(-c2nnn(C3CC3)n2)cc1NC(=O)c1cnn2ccc(-c3cnn(CC(C)(C)O)c3)cc12. The Labute approximate surface area is 240 Å². The number of tetrazole rings is 1. The third-order valence-corrected chi connectivity index (χ3v) is 6.33. The summed E-state index contributed by atoms with van der Waals surface area (Å²) in [5.41, 5.74) is 4.42. The van der Waals surface area contributed by atoms with Crippen LogP contribution in [-0.2, 0) is 6.54 Å². The largest absolute Gasteiger partial charge is 0.389 e. The highest BCUT2D eigenvalue weighted by Crippen LogP contribution is 2.33. The normalized spacial score (nSPS) is 12.8. The molecular formula is C30H39N9O2. The first-order valence-electron chi connectivity index (χ1n) is 14.2. The summed E-state index contributed by atoms with van der Waals surface area (Å²) >= 11 is 0. The van der Waals surface area contributed by atoms with Crippen LogP contribution in [0, 0.1) is 6.92 Å². The number of aryl methyl sites for hydroxylation is 1. The summed E-state index contributed by atoms with van der Waals surface area (Å²) in [5.74, 6) is 0.271. The summed E-state index contributed by atoms with van der Waals surface area (Å²) in [6.45, 7) is 13.8. The second-order valence-corrected chi connectivity index (χ2v) is 10.2. The number of pyridine rings is 1. The fraction of sp³-hybridized carbons (Fsp3) is 0.400. The Morgan fingerprint density at radius 2 is 1.78 bits per heavy atom. The number of benzene rings is 1. The molecule has 0 bridgehead atoms. The monoisotopic (exact) mass is 557 g/mol. The van der Waals surface area contributed by atoms with E-state index < -0.39 is 5.60 Å². The van der Waals surface area contributed by atoms with E-state index in [1.807, 2.05) is 77.3 Å². The van der Waals surface area contributed by atoms with Crippen molar-refractivity contribution in [3.05, 3.63) is 66.2 Å². The highest BCUT2D eigenvalue weighted by molar-refractivity contribution is 6.09. The zero-order valence-electron chi connectivity index (χ0n) is 24.8. The molecule has 1 aromatic carbocycles. The van der Waals surface area contributed by atoms with Crippen LogP contribution < -0.4 is 5.32 Å². The van der Waals surface area contributed by atoms with E-state index in [0.717, 1.165) is 35.1 Å². The van der Waals surface area contributed by atoms with Crippen molar-refractivity contribution in [1.29, 1.82) is 0 Å². The summed E-state index contributed by atoms with van der Waals surface area (Å²) in [6.07, 6.45) is 9.16. The number of carbonyl (C=O) groups excluding carboxylic acids is 1. The Hall–Kier alpha value is -4.38. The number of nitrogens with one attached hydrogen (secondary N) is 1. The molecule has 4 aromatic heterocycles. The molecule has 0 atom stereocenters. The minimum Gasteiger partial charge on any atom is -0.389 e. The number of hydrogen-bond acceptors (Lipinski definition) is 7. The fourth-order valence-corrected chi connectivity index (χ4v) is 4.22. The van der Waals surface area contributed by atoms with Gasteiger partial charge < -0.3 is 10.4 Å². The fourth-order valence-electron chi connectivity index (χ4n) is 4.22. The third kappa shape index (κ3) is 6.86. The highest BCUT2D eigenvalue weighted by atomic mass is 16.3. The van der Waals surface area contributed by atoms with Crippen LogP contribution in [0.1, 0.15) is 76.3 Å². The standard InChI is InChI=1S/C26H27N9O2.2C2H6/c1-16-4-5-18(24-30-32-35(31-24)20-6-7-20)10-22(16)29-25(36)21-13-28-34-9-8-17(11-23(21)34)19-12-27-33(14-19)15-26(2,3)37;2*1-2/h4-5,8-14,20,37H,6-7,15H2,1-3H3,(H,29,36);2*1-2H3. The number of aromatic nitrogens is 8. The molecule has 11 heteroatoms. The van der Waals surface area contributed by atoms with Gasteiger partial charge in [-0.2, -0.15) is 15.0 Å².